The molecule has 19 heavy (non-hydrogen) atoms. The number of rotatable bonds is 4. The highest BCUT2D eigenvalue weighted by molar-refractivity contribution is 5.94. The number of hydrogen-bond acceptors (Lipinski definition) is 5. The Bertz CT molecular complexity index is 670. The Kier molecular flexibility index (Phi) is 3.65. The average molecular weight is 264 g/mol. The van der Waals surface area contributed by atoms with Crippen LogP contribution in [0.25, 0.3) is 11.1 Å². The van der Waals surface area contributed by atoms with E-state index in [4.69, 9.17) is 4.42 Å². The van der Waals surface area contributed by atoms with Gasteiger partial charge in [0.25, 0.3) is 0 Å². The van der Waals surface area contributed by atoms with Gasteiger partial charge in [-0.05, 0) is 12.1 Å². The summed E-state index contributed by atoms with van der Waals surface area (Å²) in [5.74, 6) is -1.31. The van der Waals surface area contributed by atoms with Crippen molar-refractivity contribution in [3.05, 3.63) is 28.7 Å². The zero-order chi connectivity index (χ0) is 13.8. The topological polar surface area (TPSA) is 101 Å². The number of methoxy groups -OCH3 is 1. The predicted molar refractivity (Wildman–Crippen MR) is 66.7 cm³/mol. The van der Waals surface area contributed by atoms with Gasteiger partial charge in [-0.15, -0.1) is 0 Å². The van der Waals surface area contributed by atoms with Crippen LogP contribution >= 0.6 is 0 Å². The molecule has 0 saturated heterocycles. The van der Waals surface area contributed by atoms with Crippen LogP contribution in [0.4, 0.5) is 5.69 Å². The molecule has 0 saturated carbocycles. The molecule has 0 radical (unpaired) electrons. The fraction of sp³-hybridized carbons (Fsp3) is 0.250. The molecule has 0 fully saturated rings. The van der Waals surface area contributed by atoms with Gasteiger partial charge in [-0.1, -0.05) is 0 Å². The van der Waals surface area contributed by atoms with Crippen LogP contribution < -0.4 is 11.1 Å². The number of amides is 1. The van der Waals surface area contributed by atoms with Crippen molar-refractivity contribution in [2.45, 2.75) is 12.8 Å². The van der Waals surface area contributed by atoms with E-state index in [1.165, 1.54) is 13.2 Å². The van der Waals surface area contributed by atoms with Crippen molar-refractivity contribution in [2.75, 3.05) is 12.4 Å². The average Bonchev–Trinajstić information content (AvgIpc) is 2.75. The van der Waals surface area contributed by atoms with Gasteiger partial charge in [0.2, 0.25) is 5.91 Å². The second kappa shape index (κ2) is 5.38. The van der Waals surface area contributed by atoms with Gasteiger partial charge in [0, 0.05) is 18.2 Å². The number of oxazole rings is 1. The molecule has 7 nitrogen and oxygen atoms in total. The summed E-state index contributed by atoms with van der Waals surface area (Å²) in [6.45, 7) is 0. The van der Waals surface area contributed by atoms with Crippen molar-refractivity contribution in [3.63, 3.8) is 0 Å². The van der Waals surface area contributed by atoms with Crippen LogP contribution in [0.2, 0.25) is 0 Å². The number of hydrogen-bond donors (Lipinski definition) is 2. The molecular formula is C12H12N2O5. The Morgan fingerprint density at radius 3 is 2.89 bits per heavy atom. The summed E-state index contributed by atoms with van der Waals surface area (Å²) in [4.78, 5) is 35.9. The van der Waals surface area contributed by atoms with E-state index in [1.807, 2.05) is 0 Å². The van der Waals surface area contributed by atoms with Gasteiger partial charge in [-0.2, -0.15) is 0 Å². The summed E-state index contributed by atoms with van der Waals surface area (Å²) in [7, 11) is 1.27. The predicted octanol–water partition coefficient (Wildman–Crippen LogP) is 1.01. The Morgan fingerprint density at radius 2 is 2.16 bits per heavy atom. The molecule has 2 N–H and O–H groups in total. The molecular weight excluding hydrogens is 252 g/mol. The zero-order valence-corrected chi connectivity index (χ0v) is 10.2. The number of anilines is 1. The Morgan fingerprint density at radius 1 is 1.37 bits per heavy atom. The number of ether oxygens (including phenoxy) is 1. The molecule has 0 bridgehead atoms. The van der Waals surface area contributed by atoms with E-state index in [-0.39, 0.29) is 18.7 Å². The van der Waals surface area contributed by atoms with E-state index in [0.717, 1.165) is 0 Å². The van der Waals surface area contributed by atoms with Crippen LogP contribution in [0.15, 0.2) is 27.4 Å². The zero-order valence-electron chi connectivity index (χ0n) is 10.2. The first-order valence-corrected chi connectivity index (χ1v) is 5.58. The number of H-pyrrole nitrogens is 1. The molecule has 7 heteroatoms. The molecule has 1 amide bonds. The molecule has 0 aliphatic heterocycles. The fourth-order valence-corrected chi connectivity index (χ4v) is 1.56. The first-order chi connectivity index (χ1) is 9.08. The normalized spacial score (nSPS) is 10.4. The first kappa shape index (κ1) is 12.9. The lowest BCUT2D eigenvalue weighted by Crippen LogP contribution is -2.13. The number of esters is 1. The molecule has 0 aliphatic carbocycles. The summed E-state index contributed by atoms with van der Waals surface area (Å²) in [6, 6.07) is 4.78. The number of fused-ring (bicyclic) bond motifs is 1. The van der Waals surface area contributed by atoms with Crippen molar-refractivity contribution in [3.8, 4) is 0 Å². The number of carbonyl (C=O) groups excluding carboxylic acids is 2. The van der Waals surface area contributed by atoms with Crippen LogP contribution in [-0.4, -0.2) is 24.0 Å². The SMILES string of the molecule is COC(=O)CCC(=O)Nc1ccc2[nH]c(=O)oc2c1. The number of benzene rings is 1. The van der Waals surface area contributed by atoms with Crippen LogP contribution in [0.1, 0.15) is 12.8 Å². The van der Waals surface area contributed by atoms with Gasteiger partial charge >= 0.3 is 11.7 Å². The monoisotopic (exact) mass is 264 g/mol. The van der Waals surface area contributed by atoms with Gasteiger partial charge in [-0.25, -0.2) is 4.79 Å². The lowest BCUT2D eigenvalue weighted by molar-refractivity contribution is -0.141. The van der Waals surface area contributed by atoms with Gasteiger partial charge < -0.3 is 14.5 Å². The van der Waals surface area contributed by atoms with E-state index >= 15 is 0 Å². The Hall–Kier alpha value is -2.57. The van der Waals surface area contributed by atoms with Gasteiger partial charge in [0.15, 0.2) is 5.58 Å². The molecule has 0 spiro atoms. The van der Waals surface area contributed by atoms with E-state index < -0.39 is 11.7 Å². The molecule has 100 valence electrons. The third-order valence-corrected chi connectivity index (χ3v) is 2.49. The summed E-state index contributed by atoms with van der Waals surface area (Å²) in [5.41, 5.74) is 1.40. The number of nitrogens with one attached hydrogen (secondary N) is 2. The largest absolute Gasteiger partial charge is 0.469 e. The van der Waals surface area contributed by atoms with E-state index in [9.17, 15) is 14.4 Å². The van der Waals surface area contributed by atoms with Gasteiger partial charge in [0.1, 0.15) is 0 Å². The summed E-state index contributed by atoms with van der Waals surface area (Å²) < 4.78 is 9.31. The van der Waals surface area contributed by atoms with Crippen LogP contribution in [-0.2, 0) is 14.3 Å². The molecule has 0 atom stereocenters. The highest BCUT2D eigenvalue weighted by Gasteiger charge is 2.08. The quantitative estimate of drug-likeness (QED) is 0.802. The second-order valence-electron chi connectivity index (χ2n) is 3.85. The smallest absolute Gasteiger partial charge is 0.417 e. The third kappa shape index (κ3) is 3.21. The molecule has 0 aliphatic rings. The third-order valence-electron chi connectivity index (χ3n) is 2.49. The standard InChI is InChI=1S/C12H12N2O5/c1-18-11(16)5-4-10(15)13-7-2-3-8-9(6-7)19-12(17)14-8/h2-3,6H,4-5H2,1H3,(H,13,15)(H,14,17). The maximum Gasteiger partial charge on any atom is 0.417 e. The Balaban J connectivity index is 2.02. The van der Waals surface area contributed by atoms with Crippen LogP contribution in [0, 0.1) is 0 Å². The van der Waals surface area contributed by atoms with Crippen molar-refractivity contribution in [2.24, 2.45) is 0 Å². The highest BCUT2D eigenvalue weighted by atomic mass is 16.5. The molecule has 2 rings (SSSR count). The lowest BCUT2D eigenvalue weighted by atomic mass is 10.2. The molecule has 1 aromatic carbocycles. The van der Waals surface area contributed by atoms with E-state index in [1.54, 1.807) is 12.1 Å². The molecule has 0 unspecified atom stereocenters. The molecule has 1 heterocycles. The summed E-state index contributed by atoms with van der Waals surface area (Å²) >= 11 is 0. The highest BCUT2D eigenvalue weighted by Crippen LogP contribution is 2.16. The van der Waals surface area contributed by atoms with E-state index in [0.29, 0.717) is 16.8 Å². The van der Waals surface area contributed by atoms with E-state index in [2.05, 4.69) is 15.0 Å². The van der Waals surface area contributed by atoms with Crippen LogP contribution in [0.3, 0.4) is 0 Å². The van der Waals surface area contributed by atoms with Crippen molar-refractivity contribution in [1.29, 1.82) is 0 Å². The lowest BCUT2D eigenvalue weighted by Gasteiger charge is -2.04. The second-order valence-corrected chi connectivity index (χ2v) is 3.85. The first-order valence-electron chi connectivity index (χ1n) is 5.58. The minimum absolute atomic E-state index is 0.0177. The summed E-state index contributed by atoms with van der Waals surface area (Å²) in [6.07, 6.45) is 0.0472. The summed E-state index contributed by atoms with van der Waals surface area (Å²) in [5, 5.41) is 2.60. The molecule has 2 aromatic rings. The van der Waals surface area contributed by atoms with Crippen molar-refractivity contribution in [1.82, 2.24) is 4.98 Å². The molecule has 1 aromatic heterocycles. The number of carbonyl (C=O) groups is 2. The minimum atomic E-state index is -0.552. The Labute approximate surface area is 107 Å². The van der Waals surface area contributed by atoms with Gasteiger partial charge in [0.05, 0.1) is 19.0 Å². The number of aromatic nitrogens is 1. The van der Waals surface area contributed by atoms with Crippen molar-refractivity contribution >= 4 is 28.7 Å². The van der Waals surface area contributed by atoms with Crippen LogP contribution in [0.5, 0.6) is 0 Å². The van der Waals surface area contributed by atoms with Gasteiger partial charge in [-0.3, -0.25) is 14.6 Å². The fourth-order valence-electron chi connectivity index (χ4n) is 1.56. The maximum atomic E-state index is 11.6. The minimum Gasteiger partial charge on any atom is -0.469 e. The number of aromatic amines is 1. The van der Waals surface area contributed by atoms with Crippen molar-refractivity contribution < 1.29 is 18.7 Å². The maximum absolute atomic E-state index is 11.6.